The second kappa shape index (κ2) is 8.94. The van der Waals surface area contributed by atoms with E-state index >= 15 is 0 Å². The lowest BCUT2D eigenvalue weighted by atomic mass is 10.3. The minimum absolute atomic E-state index is 0.0923. The average Bonchev–Trinajstić information content (AvgIpc) is 2.72. The highest BCUT2D eigenvalue weighted by atomic mass is 127. The Morgan fingerprint density at radius 1 is 0.741 bits per heavy atom. The number of pyridine rings is 2. The van der Waals surface area contributed by atoms with E-state index in [1.165, 1.54) is 6.07 Å². The zero-order valence-corrected chi connectivity index (χ0v) is 16.0. The van der Waals surface area contributed by atoms with Crippen molar-refractivity contribution in [2.45, 2.75) is 0 Å². The summed E-state index contributed by atoms with van der Waals surface area (Å²) in [6.45, 7) is 0. The Morgan fingerprint density at radius 3 is 1.81 bits per heavy atom. The number of nitrogens with one attached hydrogen (secondary N) is 2. The fourth-order valence-corrected chi connectivity index (χ4v) is 2.52. The molecule has 0 radical (unpaired) electrons. The highest BCUT2D eigenvalue weighted by Crippen LogP contribution is 2.12. The van der Waals surface area contributed by atoms with Crippen LogP contribution in [0.2, 0.25) is 0 Å². The van der Waals surface area contributed by atoms with E-state index in [1.54, 1.807) is 61.4 Å². The molecule has 2 N–H and O–H groups in total. The summed E-state index contributed by atoms with van der Waals surface area (Å²) in [5.41, 5.74) is 1.40. The smallest absolute Gasteiger partial charge is 0.261 e. The van der Waals surface area contributed by atoms with Crippen molar-refractivity contribution in [1.29, 1.82) is 0 Å². The molecular weight excluding hydrogens is 459 g/mol. The first kappa shape index (κ1) is 18.6. The Labute approximate surface area is 167 Å². The molecule has 4 heterocycles. The number of aromatic amines is 2. The molecule has 4 aromatic rings. The van der Waals surface area contributed by atoms with E-state index in [4.69, 9.17) is 0 Å². The average molecular weight is 472 g/mol. The molecular formula is C18H13IN6O2. The van der Waals surface area contributed by atoms with Crippen LogP contribution in [0.25, 0.3) is 22.8 Å². The quantitative estimate of drug-likeness (QED) is 0.433. The van der Waals surface area contributed by atoms with Crippen molar-refractivity contribution >= 4 is 22.6 Å². The highest BCUT2D eigenvalue weighted by Gasteiger charge is 2.02. The van der Waals surface area contributed by atoms with Gasteiger partial charge in [-0.1, -0.05) is 0 Å². The van der Waals surface area contributed by atoms with Crippen molar-refractivity contribution < 1.29 is 0 Å². The van der Waals surface area contributed by atoms with Gasteiger partial charge in [-0.25, -0.2) is 19.9 Å². The molecule has 134 valence electrons. The number of aromatic nitrogens is 6. The lowest BCUT2D eigenvalue weighted by Crippen LogP contribution is -2.08. The summed E-state index contributed by atoms with van der Waals surface area (Å²) in [6, 6.07) is 8.39. The fraction of sp³-hybridized carbons (Fsp3) is 0. The van der Waals surface area contributed by atoms with Gasteiger partial charge in [-0.3, -0.25) is 9.59 Å². The third kappa shape index (κ3) is 5.14. The van der Waals surface area contributed by atoms with Crippen LogP contribution in [0.1, 0.15) is 0 Å². The molecule has 0 spiro atoms. The van der Waals surface area contributed by atoms with Crippen LogP contribution < -0.4 is 11.1 Å². The highest BCUT2D eigenvalue weighted by molar-refractivity contribution is 14.1. The van der Waals surface area contributed by atoms with Gasteiger partial charge in [0.05, 0.1) is 3.57 Å². The van der Waals surface area contributed by atoms with Crippen LogP contribution in [0.15, 0.2) is 77.1 Å². The Hall–Kier alpha value is -3.21. The second-order valence-corrected chi connectivity index (χ2v) is 6.31. The van der Waals surface area contributed by atoms with Crippen LogP contribution in [-0.2, 0) is 0 Å². The first-order valence-electron chi connectivity index (χ1n) is 7.75. The van der Waals surface area contributed by atoms with Gasteiger partial charge in [-0.05, 0) is 46.9 Å². The maximum absolute atomic E-state index is 11.1. The van der Waals surface area contributed by atoms with Crippen LogP contribution >= 0.6 is 22.6 Å². The number of nitrogens with zero attached hydrogens (tertiary/aromatic N) is 4. The topological polar surface area (TPSA) is 117 Å². The summed E-state index contributed by atoms with van der Waals surface area (Å²) in [6.07, 6.45) is 9.86. The van der Waals surface area contributed by atoms with Crippen molar-refractivity contribution in [1.82, 2.24) is 29.9 Å². The molecule has 0 unspecified atom stereocenters. The van der Waals surface area contributed by atoms with Gasteiger partial charge in [-0.2, -0.15) is 0 Å². The molecule has 0 aliphatic carbocycles. The van der Waals surface area contributed by atoms with Crippen molar-refractivity contribution in [2.24, 2.45) is 0 Å². The summed E-state index contributed by atoms with van der Waals surface area (Å²) < 4.78 is 0.632. The second-order valence-electron chi connectivity index (χ2n) is 5.15. The predicted octanol–water partition coefficient (Wildman–Crippen LogP) is 2.27. The summed E-state index contributed by atoms with van der Waals surface area (Å²) in [4.78, 5) is 43.3. The standard InChI is InChI=1S/C9H6IN3O.C9H7N3O/c10-7-4-6(5-13-9(7)14)8-11-2-1-3-12-8;13-8-3-2-7(6-12-8)9-10-4-1-5-11-9/h1-5H,(H,13,14);1-6H,(H,12,13). The molecule has 9 heteroatoms. The predicted molar refractivity (Wildman–Crippen MR) is 109 cm³/mol. The number of rotatable bonds is 2. The molecule has 4 aromatic heterocycles. The van der Waals surface area contributed by atoms with E-state index in [0.29, 0.717) is 15.2 Å². The van der Waals surface area contributed by atoms with Gasteiger partial charge in [0.25, 0.3) is 5.56 Å². The van der Waals surface area contributed by atoms with E-state index in [2.05, 4.69) is 29.9 Å². The molecule has 4 rings (SSSR count). The van der Waals surface area contributed by atoms with Gasteiger partial charge in [0, 0.05) is 54.4 Å². The number of hydrogen-bond donors (Lipinski definition) is 2. The van der Waals surface area contributed by atoms with Crippen LogP contribution in [0, 0.1) is 3.57 Å². The molecule has 0 amide bonds. The number of hydrogen-bond acceptors (Lipinski definition) is 6. The van der Waals surface area contributed by atoms with Crippen LogP contribution in [0.3, 0.4) is 0 Å². The molecule has 0 atom stereocenters. The van der Waals surface area contributed by atoms with Crippen molar-refractivity contribution in [3.63, 3.8) is 0 Å². The van der Waals surface area contributed by atoms with E-state index in [0.717, 1.165) is 11.1 Å². The lowest BCUT2D eigenvalue weighted by Gasteiger charge is -1.98. The zero-order valence-electron chi connectivity index (χ0n) is 13.8. The number of halogens is 1. The Bertz CT molecular complexity index is 1110. The van der Waals surface area contributed by atoms with E-state index in [9.17, 15) is 9.59 Å². The van der Waals surface area contributed by atoms with Crippen LogP contribution in [0.5, 0.6) is 0 Å². The molecule has 0 fully saturated rings. The Balaban J connectivity index is 0.000000156. The van der Waals surface area contributed by atoms with Gasteiger partial charge in [0.15, 0.2) is 11.6 Å². The first-order valence-corrected chi connectivity index (χ1v) is 8.83. The fourth-order valence-electron chi connectivity index (χ4n) is 2.03. The maximum Gasteiger partial charge on any atom is 0.261 e. The van der Waals surface area contributed by atoms with Gasteiger partial charge in [-0.15, -0.1) is 0 Å². The minimum atomic E-state index is -0.125. The van der Waals surface area contributed by atoms with Gasteiger partial charge in [0.1, 0.15) is 0 Å². The molecule has 27 heavy (non-hydrogen) atoms. The molecule has 0 saturated heterocycles. The summed E-state index contributed by atoms with van der Waals surface area (Å²) in [5.74, 6) is 1.22. The summed E-state index contributed by atoms with van der Waals surface area (Å²) in [7, 11) is 0. The summed E-state index contributed by atoms with van der Waals surface area (Å²) in [5, 5.41) is 0. The zero-order chi connectivity index (χ0) is 19.1. The molecule has 0 aromatic carbocycles. The van der Waals surface area contributed by atoms with Crippen molar-refractivity contribution in [3.8, 4) is 22.8 Å². The SMILES string of the molecule is O=c1[nH]cc(-c2ncccn2)cc1I.O=c1ccc(-c2ncccn2)c[nH]1. The van der Waals surface area contributed by atoms with Crippen LogP contribution in [-0.4, -0.2) is 29.9 Å². The van der Waals surface area contributed by atoms with E-state index in [1.807, 2.05) is 22.6 Å². The third-order valence-corrected chi connectivity index (χ3v) is 4.09. The minimum Gasteiger partial charge on any atom is -0.328 e. The summed E-state index contributed by atoms with van der Waals surface area (Å²) >= 11 is 1.98. The lowest BCUT2D eigenvalue weighted by molar-refractivity contribution is 1.14. The van der Waals surface area contributed by atoms with Gasteiger partial charge >= 0.3 is 0 Å². The molecule has 0 saturated carbocycles. The largest absolute Gasteiger partial charge is 0.328 e. The molecule has 0 aliphatic heterocycles. The normalized spacial score (nSPS) is 9.96. The maximum atomic E-state index is 11.1. The van der Waals surface area contributed by atoms with Crippen molar-refractivity contribution in [3.05, 3.63) is 91.8 Å². The monoisotopic (exact) mass is 472 g/mol. The van der Waals surface area contributed by atoms with E-state index < -0.39 is 0 Å². The van der Waals surface area contributed by atoms with E-state index in [-0.39, 0.29) is 11.1 Å². The number of H-pyrrole nitrogens is 2. The van der Waals surface area contributed by atoms with Crippen LogP contribution in [0.4, 0.5) is 0 Å². The third-order valence-electron chi connectivity index (χ3n) is 3.29. The van der Waals surface area contributed by atoms with Crippen molar-refractivity contribution in [2.75, 3.05) is 0 Å². The Kier molecular flexibility index (Phi) is 6.15. The molecule has 8 nitrogen and oxygen atoms in total. The Morgan fingerprint density at radius 2 is 1.30 bits per heavy atom. The molecule has 0 aliphatic rings. The van der Waals surface area contributed by atoms with Gasteiger partial charge < -0.3 is 9.97 Å². The molecule has 0 bridgehead atoms. The van der Waals surface area contributed by atoms with Gasteiger partial charge in [0.2, 0.25) is 5.56 Å². The first-order chi connectivity index (χ1) is 13.1.